The van der Waals surface area contributed by atoms with Crippen LogP contribution in [0.1, 0.15) is 9.60 Å². The molecule has 0 fully saturated rings. The average molecular weight is 805 g/mol. The zero-order valence-corrected chi connectivity index (χ0v) is 30.5. The lowest BCUT2D eigenvalue weighted by Gasteiger charge is -2.32. The van der Waals surface area contributed by atoms with Gasteiger partial charge in [0.05, 0.1) is 21.0 Å². The Balaban J connectivity index is 1.47. The topological polar surface area (TPSA) is 12.5 Å². The van der Waals surface area contributed by atoms with Gasteiger partial charge in [0.2, 0.25) is 0 Å². The van der Waals surface area contributed by atoms with Gasteiger partial charge in [0, 0.05) is 36.2 Å². The maximum atomic E-state index is 9.77. The summed E-state index contributed by atoms with van der Waals surface area (Å²) >= 11 is 3.40. The second-order valence-corrected chi connectivity index (χ2v) is 14.4. The van der Waals surface area contributed by atoms with Crippen molar-refractivity contribution in [2.24, 2.45) is 0 Å². The minimum Gasteiger partial charge on any atom is -0.457 e. The van der Waals surface area contributed by atoms with Crippen molar-refractivity contribution in [3.05, 3.63) is 198 Å². The first kappa shape index (κ1) is 25.4. The Labute approximate surface area is 332 Å². The Morgan fingerprint density at radius 1 is 0.500 bits per heavy atom. The summed E-state index contributed by atoms with van der Waals surface area (Å²) in [6, 6.07) is 46.6. The molecule has 4 heteroatoms. The second-order valence-electron chi connectivity index (χ2n) is 12.1. The molecule has 1 heterocycles. The Morgan fingerprint density at radius 3 is 1.69 bits per heavy atom. The van der Waals surface area contributed by atoms with Crippen LogP contribution < -0.4 is 9.64 Å². The zero-order chi connectivity index (χ0) is 40.9. The van der Waals surface area contributed by atoms with Gasteiger partial charge in [-0.3, -0.25) is 0 Å². The Kier molecular flexibility index (Phi) is 6.95. The predicted octanol–water partition coefficient (Wildman–Crippen LogP) is 14.7. The van der Waals surface area contributed by atoms with Crippen molar-refractivity contribution in [2.45, 2.75) is 9.79 Å². The Hall–Kier alpha value is -5.56. The number of benzene rings is 8. The SMILES string of the molecule is [2H]c1c2cc(cc1-c1ccccc1)N(c1c(-c3ccccc3)c([2H])c([2H])c([2H])c1-c1ccccc1)c1cc(cc(I)c1[2H])Oc1cc(c(-c3ccccc3)c([2H])c1[2H])S2. The molecule has 0 N–H and O–H groups in total. The molecule has 0 aliphatic carbocycles. The first-order valence-electron chi connectivity index (χ1n) is 20.2. The normalized spacial score (nSPS) is 13.9. The van der Waals surface area contributed by atoms with Crippen LogP contribution >= 0.6 is 34.4 Å². The third kappa shape index (κ3) is 6.52. The minimum atomic E-state index is -0.234. The third-order valence-corrected chi connectivity index (χ3v) is 10.3. The van der Waals surface area contributed by atoms with Crippen LogP contribution in [0.25, 0.3) is 44.5 Å². The summed E-state index contributed by atoms with van der Waals surface area (Å²) in [5.74, 6) is 0.463. The number of ether oxygens (including phenoxy) is 1. The standard InChI is InChI=1S/C48H32INOS/c49-38-28-40-30-42(29-38)51-41-24-25-44(34-16-7-2-8-17-34)47(32-41)52-43-27-37(33-14-5-1-6-15-33)26-39(31-43)50(40)48-45(35-18-9-3-10-19-35)22-13-23-46(48)36-20-11-4-12-21-36/h1-32H/i13D,22D,23D,24D,25D,27D,28D. The molecule has 9 rings (SSSR count). The number of hydrogen-bond donors (Lipinski definition) is 0. The van der Waals surface area contributed by atoms with Crippen molar-refractivity contribution >= 4 is 51.4 Å². The molecule has 2 nitrogen and oxygen atoms in total. The molecule has 0 unspecified atom stereocenters. The van der Waals surface area contributed by atoms with E-state index in [0.29, 0.717) is 69.6 Å². The van der Waals surface area contributed by atoms with E-state index in [1.54, 1.807) is 18.2 Å². The molecule has 8 aromatic rings. The van der Waals surface area contributed by atoms with E-state index in [0.717, 1.165) is 11.1 Å². The maximum absolute atomic E-state index is 9.77. The highest BCUT2D eigenvalue weighted by molar-refractivity contribution is 14.1. The van der Waals surface area contributed by atoms with Gasteiger partial charge in [0.25, 0.3) is 0 Å². The summed E-state index contributed by atoms with van der Waals surface area (Å²) in [6.45, 7) is 0. The largest absolute Gasteiger partial charge is 0.457 e. The van der Waals surface area contributed by atoms with E-state index < -0.39 is 0 Å². The summed E-state index contributed by atoms with van der Waals surface area (Å²) in [5, 5.41) is 0. The summed E-state index contributed by atoms with van der Waals surface area (Å²) in [6.07, 6.45) is 0. The van der Waals surface area contributed by atoms with E-state index in [-0.39, 0.29) is 48.0 Å². The molecule has 0 aromatic heterocycles. The van der Waals surface area contributed by atoms with E-state index in [9.17, 15) is 8.22 Å². The Morgan fingerprint density at radius 2 is 1.08 bits per heavy atom. The number of hydrogen-bond acceptors (Lipinski definition) is 3. The van der Waals surface area contributed by atoms with Crippen molar-refractivity contribution in [2.75, 3.05) is 4.90 Å². The van der Waals surface area contributed by atoms with Crippen LogP contribution in [-0.2, 0) is 0 Å². The molecule has 0 spiro atoms. The highest BCUT2D eigenvalue weighted by atomic mass is 127. The van der Waals surface area contributed by atoms with Crippen molar-refractivity contribution in [1.82, 2.24) is 0 Å². The quantitative estimate of drug-likeness (QED) is 0.161. The van der Waals surface area contributed by atoms with Crippen LogP contribution in [0.3, 0.4) is 0 Å². The van der Waals surface area contributed by atoms with Gasteiger partial charge in [-0.1, -0.05) is 151 Å². The summed E-state index contributed by atoms with van der Waals surface area (Å²) in [5.41, 5.74) is 6.07. The lowest BCUT2D eigenvalue weighted by molar-refractivity contribution is 0.481. The number of nitrogens with zero attached hydrogens (tertiary/aromatic N) is 1. The fourth-order valence-corrected chi connectivity index (χ4v) is 8.01. The lowest BCUT2D eigenvalue weighted by Crippen LogP contribution is -2.13. The molecule has 248 valence electrons. The fourth-order valence-electron chi connectivity index (χ4n) is 6.41. The first-order valence-corrected chi connectivity index (χ1v) is 18.6. The van der Waals surface area contributed by atoms with Crippen LogP contribution in [-0.4, -0.2) is 0 Å². The molecule has 8 aromatic carbocycles. The molecule has 0 saturated carbocycles. The molecule has 52 heavy (non-hydrogen) atoms. The van der Waals surface area contributed by atoms with Crippen molar-refractivity contribution in [3.8, 4) is 56.0 Å². The van der Waals surface area contributed by atoms with Gasteiger partial charge < -0.3 is 9.64 Å². The van der Waals surface area contributed by atoms with Crippen LogP contribution in [0.5, 0.6) is 11.5 Å². The van der Waals surface area contributed by atoms with Crippen molar-refractivity contribution in [1.29, 1.82) is 0 Å². The predicted molar refractivity (Wildman–Crippen MR) is 226 cm³/mol. The van der Waals surface area contributed by atoms with Gasteiger partial charge in [-0.2, -0.15) is 0 Å². The van der Waals surface area contributed by atoms with Gasteiger partial charge in [-0.05, 0) is 104 Å². The number of fused-ring (bicyclic) bond motifs is 6. The fraction of sp³-hybridized carbons (Fsp3) is 0. The molecule has 0 atom stereocenters. The van der Waals surface area contributed by atoms with Crippen LogP contribution in [0.2, 0.25) is 0 Å². The van der Waals surface area contributed by atoms with E-state index in [1.165, 1.54) is 11.8 Å². The van der Waals surface area contributed by atoms with Gasteiger partial charge in [0.1, 0.15) is 11.5 Å². The summed E-state index contributed by atoms with van der Waals surface area (Å²) < 4.78 is 73.2. The maximum Gasteiger partial charge on any atom is 0.130 e. The molecule has 1 aliphatic heterocycles. The average Bonchev–Trinajstić information content (AvgIpc) is 3.25. The highest BCUT2D eigenvalue weighted by Crippen LogP contribution is 2.50. The number of anilines is 3. The zero-order valence-electron chi connectivity index (χ0n) is 34.6. The smallest absolute Gasteiger partial charge is 0.130 e. The molecule has 0 saturated heterocycles. The molecule has 1 aliphatic rings. The lowest BCUT2D eigenvalue weighted by atomic mass is 9.94. The third-order valence-electron chi connectivity index (χ3n) is 8.74. The number of para-hydroxylation sites is 1. The van der Waals surface area contributed by atoms with Crippen LogP contribution in [0.4, 0.5) is 17.1 Å². The molecular formula is C48H32INOS. The summed E-state index contributed by atoms with van der Waals surface area (Å²) in [7, 11) is 0. The van der Waals surface area contributed by atoms with Crippen molar-refractivity contribution < 1.29 is 14.3 Å². The molecule has 0 radical (unpaired) electrons. The number of rotatable bonds is 5. The van der Waals surface area contributed by atoms with Crippen LogP contribution in [0, 0.1) is 3.57 Å². The molecular weight excluding hydrogens is 766 g/mol. The summed E-state index contributed by atoms with van der Waals surface area (Å²) in [4.78, 5) is 3.02. The molecule has 6 bridgehead atoms. The molecule has 0 amide bonds. The highest BCUT2D eigenvalue weighted by Gasteiger charge is 2.25. The van der Waals surface area contributed by atoms with Gasteiger partial charge in [-0.15, -0.1) is 0 Å². The van der Waals surface area contributed by atoms with E-state index in [1.807, 2.05) is 138 Å². The van der Waals surface area contributed by atoms with Crippen LogP contribution in [0.15, 0.2) is 204 Å². The van der Waals surface area contributed by atoms with Crippen molar-refractivity contribution in [3.63, 3.8) is 0 Å². The minimum absolute atomic E-state index is 0.0191. The van der Waals surface area contributed by atoms with E-state index in [2.05, 4.69) is 22.6 Å². The van der Waals surface area contributed by atoms with E-state index >= 15 is 0 Å². The second kappa shape index (κ2) is 14.2. The monoisotopic (exact) mass is 804 g/mol. The van der Waals surface area contributed by atoms with Gasteiger partial charge >= 0.3 is 0 Å². The first-order chi connectivity index (χ1) is 28.6. The number of halogens is 1. The van der Waals surface area contributed by atoms with Gasteiger partial charge in [0.15, 0.2) is 0 Å². The van der Waals surface area contributed by atoms with Gasteiger partial charge in [-0.25, -0.2) is 0 Å². The Bertz CT molecular complexity index is 2850. The van der Waals surface area contributed by atoms with E-state index in [4.69, 9.17) is 6.11 Å².